The summed E-state index contributed by atoms with van der Waals surface area (Å²) in [4.78, 5) is 14.7. The van der Waals surface area contributed by atoms with Crippen LogP contribution in [0.2, 0.25) is 0 Å². The summed E-state index contributed by atoms with van der Waals surface area (Å²) in [5.74, 6) is 0.525. The molecule has 1 atom stereocenters. The Morgan fingerprint density at radius 3 is 2.28 bits per heavy atom. The van der Waals surface area contributed by atoms with E-state index in [4.69, 9.17) is 4.74 Å². The van der Waals surface area contributed by atoms with Crippen molar-refractivity contribution < 1.29 is 17.9 Å². The van der Waals surface area contributed by atoms with E-state index in [0.29, 0.717) is 23.7 Å². The molecule has 3 rings (SSSR count). The van der Waals surface area contributed by atoms with Gasteiger partial charge in [-0.05, 0) is 68.7 Å². The highest BCUT2D eigenvalue weighted by Crippen LogP contribution is 2.21. The van der Waals surface area contributed by atoms with Gasteiger partial charge in [-0.25, -0.2) is 8.42 Å². The van der Waals surface area contributed by atoms with Gasteiger partial charge in [0.15, 0.2) is 6.10 Å². The zero-order chi connectivity index (χ0) is 21.2. The van der Waals surface area contributed by atoms with Crippen LogP contribution in [0.3, 0.4) is 0 Å². The average molecular weight is 417 g/mol. The minimum atomic E-state index is -3.56. The lowest BCUT2D eigenvalue weighted by Gasteiger charge is -2.35. The standard InChI is InChI=1S/C22H28N2O4S/c1-16-6-5-7-20(14-16)28-19(4)22(25)23-10-12-24(13-11-23)29(26,27)21-9-8-17(2)18(3)15-21/h5-9,14-15,19H,10-13H2,1-4H3/t19-/m0/s1. The second-order valence-electron chi connectivity index (χ2n) is 7.55. The smallest absolute Gasteiger partial charge is 0.263 e. The molecule has 1 heterocycles. The number of carbonyl (C=O) groups excluding carboxylic acids is 1. The molecule has 0 saturated carbocycles. The van der Waals surface area contributed by atoms with Gasteiger partial charge in [0.25, 0.3) is 5.91 Å². The summed E-state index contributed by atoms with van der Waals surface area (Å²) >= 11 is 0. The minimum absolute atomic E-state index is 0.130. The molecule has 2 aromatic carbocycles. The quantitative estimate of drug-likeness (QED) is 0.752. The first kappa shape index (κ1) is 21.3. The van der Waals surface area contributed by atoms with Crippen LogP contribution in [0.5, 0.6) is 5.75 Å². The Bertz CT molecular complexity index is 996. The number of benzene rings is 2. The highest BCUT2D eigenvalue weighted by molar-refractivity contribution is 7.89. The molecule has 0 radical (unpaired) electrons. The maximum atomic E-state index is 12.9. The summed E-state index contributed by atoms with van der Waals surface area (Å²) in [6.07, 6.45) is -0.625. The van der Waals surface area contributed by atoms with Crippen molar-refractivity contribution in [3.05, 3.63) is 59.2 Å². The maximum Gasteiger partial charge on any atom is 0.263 e. The van der Waals surface area contributed by atoms with E-state index in [9.17, 15) is 13.2 Å². The molecule has 156 valence electrons. The summed E-state index contributed by atoms with van der Waals surface area (Å²) in [6, 6.07) is 12.7. The van der Waals surface area contributed by atoms with Gasteiger partial charge >= 0.3 is 0 Å². The second kappa shape index (κ2) is 8.55. The predicted octanol–water partition coefficient (Wildman–Crippen LogP) is 2.91. The van der Waals surface area contributed by atoms with Gasteiger partial charge in [0.05, 0.1) is 4.90 Å². The van der Waals surface area contributed by atoms with Crippen molar-refractivity contribution >= 4 is 15.9 Å². The Morgan fingerprint density at radius 1 is 0.966 bits per heavy atom. The van der Waals surface area contributed by atoms with Gasteiger partial charge in [-0.3, -0.25) is 4.79 Å². The molecule has 0 unspecified atom stereocenters. The molecule has 1 aliphatic rings. The number of piperazine rings is 1. The number of carbonyl (C=O) groups is 1. The highest BCUT2D eigenvalue weighted by atomic mass is 32.2. The average Bonchev–Trinajstić information content (AvgIpc) is 2.69. The van der Waals surface area contributed by atoms with E-state index >= 15 is 0 Å². The van der Waals surface area contributed by atoms with Crippen LogP contribution < -0.4 is 4.74 Å². The first-order chi connectivity index (χ1) is 13.7. The molecule has 1 saturated heterocycles. The first-order valence-corrected chi connectivity index (χ1v) is 11.2. The van der Waals surface area contributed by atoms with E-state index in [1.807, 2.05) is 51.1 Å². The molecule has 2 aromatic rings. The van der Waals surface area contributed by atoms with Gasteiger partial charge in [-0.15, -0.1) is 0 Å². The molecule has 0 aromatic heterocycles. The molecule has 6 nitrogen and oxygen atoms in total. The lowest BCUT2D eigenvalue weighted by atomic mass is 10.1. The summed E-state index contributed by atoms with van der Waals surface area (Å²) in [5.41, 5.74) is 3.07. The molecule has 0 bridgehead atoms. The molecule has 0 N–H and O–H groups in total. The van der Waals surface area contributed by atoms with E-state index in [1.54, 1.807) is 24.0 Å². The van der Waals surface area contributed by atoms with Crippen LogP contribution in [0.15, 0.2) is 47.4 Å². The largest absolute Gasteiger partial charge is 0.481 e. The van der Waals surface area contributed by atoms with Crippen molar-refractivity contribution in [1.29, 1.82) is 0 Å². The zero-order valence-corrected chi connectivity index (χ0v) is 18.2. The molecule has 1 amide bonds. The van der Waals surface area contributed by atoms with E-state index < -0.39 is 16.1 Å². The molecule has 29 heavy (non-hydrogen) atoms. The Morgan fingerprint density at radius 2 is 1.66 bits per heavy atom. The Kier molecular flexibility index (Phi) is 6.29. The van der Waals surface area contributed by atoms with Gasteiger partial charge in [0, 0.05) is 26.2 Å². The van der Waals surface area contributed by atoms with Crippen molar-refractivity contribution in [3.8, 4) is 5.75 Å². The molecule has 7 heteroatoms. The maximum absolute atomic E-state index is 12.9. The first-order valence-electron chi connectivity index (χ1n) is 9.78. The predicted molar refractivity (Wildman–Crippen MR) is 113 cm³/mol. The Balaban J connectivity index is 1.62. The third kappa shape index (κ3) is 4.79. The summed E-state index contributed by atoms with van der Waals surface area (Å²) in [5, 5.41) is 0. The number of nitrogens with zero attached hydrogens (tertiary/aromatic N) is 2. The third-order valence-electron chi connectivity index (χ3n) is 5.32. The number of aryl methyl sites for hydroxylation is 3. The van der Waals surface area contributed by atoms with Crippen LogP contribution in [-0.2, 0) is 14.8 Å². The van der Waals surface area contributed by atoms with Crippen LogP contribution in [0.1, 0.15) is 23.6 Å². The highest BCUT2D eigenvalue weighted by Gasteiger charge is 2.32. The zero-order valence-electron chi connectivity index (χ0n) is 17.4. The number of rotatable bonds is 5. The van der Waals surface area contributed by atoms with Gasteiger partial charge in [0.2, 0.25) is 10.0 Å². The molecule has 1 fully saturated rings. The van der Waals surface area contributed by atoms with E-state index in [-0.39, 0.29) is 19.0 Å². The lowest BCUT2D eigenvalue weighted by molar-refractivity contribution is -0.139. The lowest BCUT2D eigenvalue weighted by Crippen LogP contribution is -2.53. The van der Waals surface area contributed by atoms with Crippen LogP contribution in [0.4, 0.5) is 0 Å². The van der Waals surface area contributed by atoms with Crippen LogP contribution >= 0.6 is 0 Å². The second-order valence-corrected chi connectivity index (χ2v) is 9.49. The number of sulfonamides is 1. The van der Waals surface area contributed by atoms with Crippen molar-refractivity contribution in [1.82, 2.24) is 9.21 Å². The molecular weight excluding hydrogens is 388 g/mol. The van der Waals surface area contributed by atoms with Crippen molar-refractivity contribution in [3.63, 3.8) is 0 Å². The summed E-state index contributed by atoms with van der Waals surface area (Å²) < 4.78 is 33.1. The SMILES string of the molecule is Cc1cccc(O[C@@H](C)C(=O)N2CCN(S(=O)(=O)c3ccc(C)c(C)c3)CC2)c1. The summed E-state index contributed by atoms with van der Waals surface area (Å²) in [6.45, 7) is 8.80. The Labute approximate surface area is 173 Å². The van der Waals surface area contributed by atoms with Crippen molar-refractivity contribution in [2.45, 2.75) is 38.7 Å². The van der Waals surface area contributed by atoms with Crippen LogP contribution in [0.25, 0.3) is 0 Å². The number of hydrogen-bond acceptors (Lipinski definition) is 4. The number of hydrogen-bond donors (Lipinski definition) is 0. The van der Waals surface area contributed by atoms with Gasteiger partial charge in [-0.2, -0.15) is 4.31 Å². The van der Waals surface area contributed by atoms with E-state index in [2.05, 4.69) is 0 Å². The molecular formula is C22H28N2O4S. The third-order valence-corrected chi connectivity index (χ3v) is 7.21. The topological polar surface area (TPSA) is 66.9 Å². The molecule has 1 aliphatic heterocycles. The number of ether oxygens (including phenoxy) is 1. The monoisotopic (exact) mass is 416 g/mol. The van der Waals surface area contributed by atoms with Crippen LogP contribution in [0, 0.1) is 20.8 Å². The van der Waals surface area contributed by atoms with Crippen molar-refractivity contribution in [2.75, 3.05) is 26.2 Å². The fourth-order valence-electron chi connectivity index (χ4n) is 3.37. The normalized spacial score (nSPS) is 16.5. The number of amides is 1. The van der Waals surface area contributed by atoms with Gasteiger partial charge < -0.3 is 9.64 Å². The fraction of sp³-hybridized carbons (Fsp3) is 0.409. The van der Waals surface area contributed by atoms with Crippen molar-refractivity contribution in [2.24, 2.45) is 0 Å². The van der Waals surface area contributed by atoms with E-state index in [0.717, 1.165) is 16.7 Å². The van der Waals surface area contributed by atoms with Gasteiger partial charge in [-0.1, -0.05) is 18.2 Å². The minimum Gasteiger partial charge on any atom is -0.481 e. The van der Waals surface area contributed by atoms with Gasteiger partial charge in [0.1, 0.15) is 5.75 Å². The van der Waals surface area contributed by atoms with E-state index in [1.165, 1.54) is 4.31 Å². The molecule has 0 aliphatic carbocycles. The van der Waals surface area contributed by atoms with Crippen LogP contribution in [-0.4, -0.2) is 55.8 Å². The fourth-order valence-corrected chi connectivity index (χ4v) is 4.88. The molecule has 0 spiro atoms. The Hall–Kier alpha value is -2.38. The summed E-state index contributed by atoms with van der Waals surface area (Å²) in [7, 11) is -3.56.